The van der Waals surface area contributed by atoms with Gasteiger partial charge in [0.1, 0.15) is 11.2 Å². The molecule has 2 aliphatic carbocycles. The minimum absolute atomic E-state index is 0.287. The largest absolute Gasteiger partial charge is 0.294 e. The first-order valence-electron chi connectivity index (χ1n) is 9.20. The molecular formula is C24H14ClFO3. The Balaban J connectivity index is 1.65. The highest BCUT2D eigenvalue weighted by Crippen LogP contribution is 2.70. The van der Waals surface area contributed by atoms with Gasteiger partial charge in [0.05, 0.1) is 5.92 Å². The molecule has 5 rings (SSSR count). The molecule has 3 aromatic rings. The fraction of sp³-hybridized carbons (Fsp3) is 0.125. The predicted molar refractivity (Wildman–Crippen MR) is 106 cm³/mol. The molecule has 0 heterocycles. The van der Waals surface area contributed by atoms with Gasteiger partial charge in [-0.3, -0.25) is 14.4 Å². The standard InChI is InChI=1S/C24H14ClFO3/c25-15-9-5-14(6-10-15)21(27)20-19(13-7-11-16(26)12-8-13)24(20)22(28)17-3-1-2-4-18(17)23(24)29/h1-12,19-20H/t19-,20+/m1/s1. The fourth-order valence-electron chi connectivity index (χ4n) is 4.66. The van der Waals surface area contributed by atoms with Crippen molar-refractivity contribution in [3.05, 3.63) is 106 Å². The summed E-state index contributed by atoms with van der Waals surface area (Å²) in [6.45, 7) is 0. The molecule has 1 saturated carbocycles. The average molecular weight is 405 g/mol. The Kier molecular flexibility index (Phi) is 3.83. The molecule has 0 bridgehead atoms. The Morgan fingerprint density at radius 3 is 1.93 bits per heavy atom. The second kappa shape index (κ2) is 6.19. The number of halogens is 2. The van der Waals surface area contributed by atoms with Crippen LogP contribution in [-0.2, 0) is 0 Å². The Morgan fingerprint density at radius 2 is 1.38 bits per heavy atom. The first-order chi connectivity index (χ1) is 14.0. The summed E-state index contributed by atoms with van der Waals surface area (Å²) >= 11 is 5.92. The Labute approximate surface area is 171 Å². The van der Waals surface area contributed by atoms with Crippen molar-refractivity contribution < 1.29 is 18.8 Å². The van der Waals surface area contributed by atoms with Crippen LogP contribution in [0, 0.1) is 17.2 Å². The average Bonchev–Trinajstić information content (AvgIpc) is 3.38. The number of benzene rings is 3. The van der Waals surface area contributed by atoms with E-state index in [1.165, 1.54) is 12.1 Å². The Hall–Kier alpha value is -3.11. The number of fused-ring (bicyclic) bond motifs is 1. The maximum absolute atomic E-state index is 13.5. The van der Waals surface area contributed by atoms with Gasteiger partial charge in [0.15, 0.2) is 17.3 Å². The molecule has 2 aliphatic rings. The minimum Gasteiger partial charge on any atom is -0.294 e. The molecule has 0 amide bonds. The smallest absolute Gasteiger partial charge is 0.178 e. The summed E-state index contributed by atoms with van der Waals surface area (Å²) in [5.74, 6) is -2.83. The lowest BCUT2D eigenvalue weighted by molar-refractivity contribution is 0.0764. The highest BCUT2D eigenvalue weighted by Gasteiger charge is 2.78. The van der Waals surface area contributed by atoms with E-state index in [1.807, 2.05) is 0 Å². The van der Waals surface area contributed by atoms with Crippen molar-refractivity contribution in [1.29, 1.82) is 0 Å². The summed E-state index contributed by atoms with van der Waals surface area (Å²) in [5.41, 5.74) is 0.221. The van der Waals surface area contributed by atoms with E-state index in [1.54, 1.807) is 60.7 Å². The summed E-state index contributed by atoms with van der Waals surface area (Å²) in [7, 11) is 0. The number of carbonyl (C=O) groups is 3. The van der Waals surface area contributed by atoms with Gasteiger partial charge in [0.25, 0.3) is 0 Å². The van der Waals surface area contributed by atoms with Crippen molar-refractivity contribution in [2.24, 2.45) is 11.3 Å². The molecule has 0 radical (unpaired) electrons. The number of Topliss-reactive ketones (excluding diaryl/α,β-unsaturated/α-hetero) is 3. The van der Waals surface area contributed by atoms with Crippen LogP contribution in [0.1, 0.15) is 42.6 Å². The monoisotopic (exact) mass is 404 g/mol. The van der Waals surface area contributed by atoms with Gasteiger partial charge in [-0.1, -0.05) is 48.0 Å². The predicted octanol–water partition coefficient (Wildman–Crippen LogP) is 5.14. The van der Waals surface area contributed by atoms with Crippen LogP contribution >= 0.6 is 11.6 Å². The van der Waals surface area contributed by atoms with Crippen molar-refractivity contribution >= 4 is 29.0 Å². The molecule has 142 valence electrons. The molecule has 3 aromatic carbocycles. The van der Waals surface area contributed by atoms with Crippen LogP contribution in [-0.4, -0.2) is 17.3 Å². The molecule has 3 nitrogen and oxygen atoms in total. The summed E-state index contributed by atoms with van der Waals surface area (Å²) in [6.07, 6.45) is 0. The van der Waals surface area contributed by atoms with E-state index in [2.05, 4.69) is 0 Å². The SMILES string of the molecule is O=C(c1ccc(Cl)cc1)[C@@H]1[C@@H](c2ccc(F)cc2)C12C(=O)c1ccccc1C2=O. The van der Waals surface area contributed by atoms with E-state index in [0.29, 0.717) is 27.3 Å². The van der Waals surface area contributed by atoms with Crippen molar-refractivity contribution in [2.45, 2.75) is 5.92 Å². The van der Waals surface area contributed by atoms with Crippen molar-refractivity contribution in [1.82, 2.24) is 0 Å². The van der Waals surface area contributed by atoms with E-state index in [4.69, 9.17) is 11.6 Å². The molecule has 2 atom stereocenters. The second-order valence-corrected chi connectivity index (χ2v) is 7.89. The number of hydrogen-bond donors (Lipinski definition) is 0. The molecule has 1 fully saturated rings. The molecule has 0 aromatic heterocycles. The van der Waals surface area contributed by atoms with Crippen molar-refractivity contribution in [2.75, 3.05) is 0 Å². The van der Waals surface area contributed by atoms with Gasteiger partial charge in [0, 0.05) is 27.6 Å². The molecule has 0 unspecified atom stereocenters. The van der Waals surface area contributed by atoms with Crippen LogP contribution in [0.2, 0.25) is 5.02 Å². The maximum atomic E-state index is 13.5. The quantitative estimate of drug-likeness (QED) is 0.448. The highest BCUT2D eigenvalue weighted by molar-refractivity contribution is 6.35. The summed E-state index contributed by atoms with van der Waals surface area (Å²) < 4.78 is 13.5. The van der Waals surface area contributed by atoms with Crippen LogP contribution < -0.4 is 0 Å². The van der Waals surface area contributed by atoms with Crippen LogP contribution in [0.4, 0.5) is 4.39 Å². The third kappa shape index (κ3) is 2.39. The summed E-state index contributed by atoms with van der Waals surface area (Å²) in [5, 5.41) is 0.488. The molecule has 29 heavy (non-hydrogen) atoms. The third-order valence-corrected chi connectivity index (χ3v) is 6.27. The minimum atomic E-state index is -1.46. The van der Waals surface area contributed by atoms with Gasteiger partial charge in [0.2, 0.25) is 0 Å². The molecule has 1 spiro atoms. The van der Waals surface area contributed by atoms with E-state index >= 15 is 0 Å². The van der Waals surface area contributed by atoms with Gasteiger partial charge in [-0.25, -0.2) is 4.39 Å². The summed E-state index contributed by atoms with van der Waals surface area (Å²) in [6, 6.07) is 18.7. The van der Waals surface area contributed by atoms with Crippen molar-refractivity contribution in [3.8, 4) is 0 Å². The first kappa shape index (κ1) is 18.0. The molecule has 0 N–H and O–H groups in total. The molecule has 0 saturated heterocycles. The Bertz CT molecular complexity index is 1150. The summed E-state index contributed by atoms with van der Waals surface area (Å²) in [4.78, 5) is 40.1. The number of hydrogen-bond acceptors (Lipinski definition) is 3. The van der Waals surface area contributed by atoms with Crippen LogP contribution in [0.25, 0.3) is 0 Å². The topological polar surface area (TPSA) is 51.2 Å². The van der Waals surface area contributed by atoms with Gasteiger partial charge >= 0.3 is 0 Å². The lowest BCUT2D eigenvalue weighted by Crippen LogP contribution is -2.23. The zero-order chi connectivity index (χ0) is 20.3. The lowest BCUT2D eigenvalue weighted by atomic mass is 9.91. The zero-order valence-electron chi connectivity index (χ0n) is 15.1. The molecular weight excluding hydrogens is 391 g/mol. The molecule has 5 heteroatoms. The van der Waals surface area contributed by atoms with E-state index in [9.17, 15) is 18.8 Å². The zero-order valence-corrected chi connectivity index (χ0v) is 15.8. The van der Waals surface area contributed by atoms with Crippen LogP contribution in [0.15, 0.2) is 72.8 Å². The van der Waals surface area contributed by atoms with Crippen LogP contribution in [0.5, 0.6) is 0 Å². The van der Waals surface area contributed by atoms with Gasteiger partial charge < -0.3 is 0 Å². The Morgan fingerprint density at radius 1 is 0.828 bits per heavy atom. The lowest BCUT2D eigenvalue weighted by Gasteiger charge is -2.07. The fourth-order valence-corrected chi connectivity index (χ4v) is 4.78. The third-order valence-electron chi connectivity index (χ3n) is 6.01. The van der Waals surface area contributed by atoms with Gasteiger partial charge in [-0.05, 0) is 42.0 Å². The van der Waals surface area contributed by atoms with Crippen molar-refractivity contribution in [3.63, 3.8) is 0 Å². The molecule has 0 aliphatic heterocycles. The van der Waals surface area contributed by atoms with E-state index in [-0.39, 0.29) is 17.3 Å². The van der Waals surface area contributed by atoms with E-state index in [0.717, 1.165) is 0 Å². The number of carbonyl (C=O) groups excluding carboxylic acids is 3. The normalized spacial score (nSPS) is 21.3. The highest BCUT2D eigenvalue weighted by atomic mass is 35.5. The maximum Gasteiger partial charge on any atom is 0.178 e. The van der Waals surface area contributed by atoms with Gasteiger partial charge in [-0.2, -0.15) is 0 Å². The van der Waals surface area contributed by atoms with Crippen LogP contribution in [0.3, 0.4) is 0 Å². The second-order valence-electron chi connectivity index (χ2n) is 7.45. The van der Waals surface area contributed by atoms with Gasteiger partial charge in [-0.15, -0.1) is 0 Å². The number of rotatable bonds is 3. The first-order valence-corrected chi connectivity index (χ1v) is 9.58. The van der Waals surface area contributed by atoms with E-state index < -0.39 is 23.1 Å². The number of ketones is 3.